The van der Waals surface area contributed by atoms with Crippen LogP contribution in [0, 0.1) is 0 Å². The highest BCUT2D eigenvalue weighted by atomic mass is 32.1. The average Bonchev–Trinajstić information content (AvgIpc) is 3.75. The zero-order valence-corrected chi connectivity index (χ0v) is 27.7. The molecule has 0 bridgehead atoms. The van der Waals surface area contributed by atoms with Gasteiger partial charge >= 0.3 is 0 Å². The topological polar surface area (TPSA) is 34.2 Å². The Morgan fingerprint density at radius 1 is 0.756 bits per heavy atom. The third-order valence-corrected chi connectivity index (χ3v) is 11.4. The van der Waals surface area contributed by atoms with E-state index in [2.05, 4.69) is 76.5 Å². The van der Waals surface area contributed by atoms with Gasteiger partial charge in [-0.25, -0.2) is 0 Å². The minimum Gasteiger partial charge on any atom is -0.495 e. The van der Waals surface area contributed by atoms with Crippen molar-refractivity contribution >= 4 is 21.4 Å². The first-order valence-corrected chi connectivity index (χ1v) is 18.1. The molecule has 1 aromatic heterocycles. The Hall–Kier alpha value is -3.06. The van der Waals surface area contributed by atoms with E-state index in [9.17, 15) is 0 Å². The maximum atomic E-state index is 6.70. The number of fused-ring (bicyclic) bond motifs is 1. The van der Waals surface area contributed by atoms with Crippen LogP contribution >= 0.6 is 11.3 Å². The molecule has 4 aromatic rings. The van der Waals surface area contributed by atoms with Crippen LogP contribution in [-0.4, -0.2) is 68.4 Å². The van der Waals surface area contributed by atoms with Gasteiger partial charge in [0.05, 0.1) is 11.8 Å². The molecule has 7 rings (SSSR count). The van der Waals surface area contributed by atoms with E-state index in [1.165, 1.54) is 109 Å². The molecule has 45 heavy (non-hydrogen) atoms. The fourth-order valence-corrected chi connectivity index (χ4v) is 8.98. The van der Waals surface area contributed by atoms with E-state index in [1.54, 1.807) is 7.11 Å². The molecule has 3 aromatic carbocycles. The fraction of sp³-hybridized carbons (Fsp3) is 0.487. The minimum absolute atomic E-state index is 0.301. The number of ether oxygens (including phenoxy) is 3. The Kier molecular flexibility index (Phi) is 9.91. The van der Waals surface area contributed by atoms with Crippen LogP contribution in [0.3, 0.4) is 0 Å². The summed E-state index contributed by atoms with van der Waals surface area (Å²) in [6, 6.07) is 24.6. The summed E-state index contributed by atoms with van der Waals surface area (Å²) in [5, 5.41) is 1.27. The number of hydrogen-bond donors (Lipinski definition) is 0. The lowest BCUT2D eigenvalue weighted by atomic mass is 9.90. The molecule has 0 amide bonds. The van der Waals surface area contributed by atoms with Crippen LogP contribution in [0.25, 0.3) is 20.5 Å². The number of piperidine rings is 1. The van der Waals surface area contributed by atoms with Gasteiger partial charge in [0.1, 0.15) is 30.0 Å². The van der Waals surface area contributed by atoms with Crippen molar-refractivity contribution < 1.29 is 14.2 Å². The average molecular weight is 625 g/mol. The predicted molar refractivity (Wildman–Crippen MR) is 186 cm³/mol. The normalized spacial score (nSPS) is 21.3. The quantitative estimate of drug-likeness (QED) is 0.167. The second kappa shape index (κ2) is 14.6. The summed E-state index contributed by atoms with van der Waals surface area (Å²) in [5.74, 6) is 2.88. The summed E-state index contributed by atoms with van der Waals surface area (Å²) in [4.78, 5) is 6.50. The Labute approximate surface area is 273 Å². The van der Waals surface area contributed by atoms with Gasteiger partial charge in [-0.3, -0.25) is 9.80 Å². The SMILES string of the molecule is COc1cccc2c(Cc3ccc(OC4CCCCC4N4CCCCC4)cc3)c(-c3ccc(OCCN4CCCC4)cc3)sc12. The number of benzene rings is 3. The number of nitrogens with zero attached hydrogens (tertiary/aromatic N) is 2. The molecule has 2 saturated heterocycles. The molecule has 2 unspecified atom stereocenters. The monoisotopic (exact) mass is 624 g/mol. The van der Waals surface area contributed by atoms with Gasteiger partial charge in [-0.05, 0) is 137 Å². The smallest absolute Gasteiger partial charge is 0.136 e. The summed E-state index contributed by atoms with van der Waals surface area (Å²) < 4.78 is 19.8. The van der Waals surface area contributed by atoms with Crippen molar-refractivity contribution in [3.8, 4) is 27.7 Å². The van der Waals surface area contributed by atoms with E-state index in [-0.39, 0.29) is 0 Å². The highest BCUT2D eigenvalue weighted by Crippen LogP contribution is 2.44. The van der Waals surface area contributed by atoms with Crippen LogP contribution in [-0.2, 0) is 6.42 Å². The van der Waals surface area contributed by atoms with Crippen LogP contribution in [0.2, 0.25) is 0 Å². The van der Waals surface area contributed by atoms with E-state index in [4.69, 9.17) is 14.2 Å². The van der Waals surface area contributed by atoms with Gasteiger partial charge in [0, 0.05) is 22.8 Å². The van der Waals surface area contributed by atoms with Crippen LogP contribution in [0.1, 0.15) is 68.9 Å². The second-order valence-corrected chi connectivity index (χ2v) is 14.1. The molecule has 0 N–H and O–H groups in total. The Bertz CT molecular complexity index is 1520. The van der Waals surface area contributed by atoms with Crippen LogP contribution in [0.15, 0.2) is 66.7 Å². The number of methoxy groups -OCH3 is 1. The molecule has 0 radical (unpaired) electrons. The van der Waals surface area contributed by atoms with Crippen LogP contribution in [0.4, 0.5) is 0 Å². The Morgan fingerprint density at radius 2 is 1.49 bits per heavy atom. The van der Waals surface area contributed by atoms with Gasteiger partial charge < -0.3 is 14.2 Å². The molecule has 1 aliphatic carbocycles. The van der Waals surface area contributed by atoms with Gasteiger partial charge in [0.15, 0.2) is 0 Å². The predicted octanol–water partition coefficient (Wildman–Crippen LogP) is 8.82. The van der Waals surface area contributed by atoms with Crippen molar-refractivity contribution in [2.75, 3.05) is 46.4 Å². The van der Waals surface area contributed by atoms with E-state index in [0.29, 0.717) is 12.1 Å². The third-order valence-electron chi connectivity index (χ3n) is 10.1. The van der Waals surface area contributed by atoms with Crippen molar-refractivity contribution in [3.05, 3.63) is 77.9 Å². The molecule has 0 spiro atoms. The van der Waals surface area contributed by atoms with Gasteiger partial charge in [-0.15, -0.1) is 11.3 Å². The van der Waals surface area contributed by atoms with Crippen molar-refractivity contribution in [1.29, 1.82) is 0 Å². The zero-order valence-electron chi connectivity index (χ0n) is 26.8. The molecular formula is C39H48N2O3S. The molecule has 5 nitrogen and oxygen atoms in total. The molecule has 3 heterocycles. The second-order valence-electron chi connectivity index (χ2n) is 13.1. The number of likely N-dealkylation sites (tertiary alicyclic amines) is 2. The molecule has 6 heteroatoms. The zero-order chi connectivity index (χ0) is 30.4. The van der Waals surface area contributed by atoms with E-state index < -0.39 is 0 Å². The molecule has 2 aliphatic heterocycles. The largest absolute Gasteiger partial charge is 0.495 e. The standard InChI is InChI=1S/C39H48N2O3S/c1-42-37-13-9-10-33-34(38(45-39(33)37)30-16-20-31(21-17-30)43-27-26-40-22-7-8-23-40)28-29-14-18-32(19-15-29)44-36-12-4-3-11-35(36)41-24-5-2-6-25-41/h9-10,13-21,35-36H,2-8,11-12,22-28H2,1H3. The summed E-state index contributed by atoms with van der Waals surface area (Å²) in [5.41, 5.74) is 3.87. The van der Waals surface area contributed by atoms with Crippen molar-refractivity contribution in [2.24, 2.45) is 0 Å². The molecule has 238 valence electrons. The number of rotatable bonds is 11. The summed E-state index contributed by atoms with van der Waals surface area (Å²) in [7, 11) is 1.77. The van der Waals surface area contributed by atoms with E-state index in [1.807, 2.05) is 11.3 Å². The number of hydrogen-bond acceptors (Lipinski definition) is 6. The van der Waals surface area contributed by atoms with Crippen LogP contribution in [0.5, 0.6) is 17.2 Å². The molecule has 3 fully saturated rings. The summed E-state index contributed by atoms with van der Waals surface area (Å²) >= 11 is 1.83. The number of thiophene rings is 1. The van der Waals surface area contributed by atoms with E-state index >= 15 is 0 Å². The first-order valence-electron chi connectivity index (χ1n) is 17.3. The highest BCUT2D eigenvalue weighted by Gasteiger charge is 2.32. The molecule has 3 aliphatic rings. The van der Waals surface area contributed by atoms with Crippen molar-refractivity contribution in [3.63, 3.8) is 0 Å². The Morgan fingerprint density at radius 3 is 2.27 bits per heavy atom. The summed E-state index contributed by atoms with van der Waals surface area (Å²) in [6.45, 7) is 6.63. The van der Waals surface area contributed by atoms with Crippen LogP contribution < -0.4 is 14.2 Å². The third kappa shape index (κ3) is 7.19. The summed E-state index contributed by atoms with van der Waals surface area (Å²) in [6.07, 6.45) is 12.9. The molecule has 2 atom stereocenters. The lowest BCUT2D eigenvalue weighted by Crippen LogP contribution is -2.49. The minimum atomic E-state index is 0.301. The van der Waals surface area contributed by atoms with Gasteiger partial charge in [-0.1, -0.05) is 37.1 Å². The maximum Gasteiger partial charge on any atom is 0.136 e. The maximum absolute atomic E-state index is 6.70. The van der Waals surface area contributed by atoms with Gasteiger partial charge in [-0.2, -0.15) is 0 Å². The first-order chi connectivity index (χ1) is 22.2. The highest BCUT2D eigenvalue weighted by molar-refractivity contribution is 7.23. The molecular weight excluding hydrogens is 577 g/mol. The van der Waals surface area contributed by atoms with Gasteiger partial charge in [0.25, 0.3) is 0 Å². The lowest BCUT2D eigenvalue weighted by molar-refractivity contribution is 0.0261. The van der Waals surface area contributed by atoms with Crippen molar-refractivity contribution in [1.82, 2.24) is 9.80 Å². The van der Waals surface area contributed by atoms with E-state index in [0.717, 1.165) is 43.2 Å². The first kappa shape index (κ1) is 30.6. The fourth-order valence-electron chi connectivity index (χ4n) is 7.66. The molecule has 1 saturated carbocycles. The lowest BCUT2D eigenvalue weighted by Gasteiger charge is -2.41. The van der Waals surface area contributed by atoms with Gasteiger partial charge in [0.2, 0.25) is 0 Å². The van der Waals surface area contributed by atoms with Crippen molar-refractivity contribution in [2.45, 2.75) is 76.4 Å². The Balaban J connectivity index is 1.08.